The predicted molar refractivity (Wildman–Crippen MR) is 57.1 cm³/mol. The molecule has 2 N–H and O–H groups in total. The minimum Gasteiger partial charge on any atom is -0.393 e. The van der Waals surface area contributed by atoms with Gasteiger partial charge in [0.15, 0.2) is 0 Å². The summed E-state index contributed by atoms with van der Waals surface area (Å²) in [5.41, 5.74) is 7.38. The van der Waals surface area contributed by atoms with E-state index in [1.165, 1.54) is 0 Å². The molecule has 0 aromatic rings. The quantitative estimate of drug-likeness (QED) is 0.425. The minimum atomic E-state index is -1.05. The molecule has 0 aliphatic heterocycles. The maximum Gasteiger partial charge on any atom is 0.0877 e. The van der Waals surface area contributed by atoms with E-state index in [-0.39, 0.29) is 18.6 Å². The van der Waals surface area contributed by atoms with Crippen molar-refractivity contribution in [2.75, 3.05) is 6.61 Å². The molecular weight excluding hydrogens is 194 g/mol. The lowest BCUT2D eigenvalue weighted by Gasteiger charge is -2.39. The molecule has 0 spiro atoms. The fourth-order valence-electron chi connectivity index (χ4n) is 2.22. The normalized spacial score (nSPS) is 35.3. The van der Waals surface area contributed by atoms with E-state index in [9.17, 15) is 5.11 Å². The maximum absolute atomic E-state index is 9.94. The van der Waals surface area contributed by atoms with Crippen molar-refractivity contribution < 1.29 is 10.2 Å². The van der Waals surface area contributed by atoms with Gasteiger partial charge in [0, 0.05) is 11.0 Å². The predicted octanol–water partition coefficient (Wildman–Crippen LogP) is 1.84. The highest BCUT2D eigenvalue weighted by Crippen LogP contribution is 2.36. The van der Waals surface area contributed by atoms with Crippen molar-refractivity contribution in [2.24, 2.45) is 17.0 Å². The zero-order chi connectivity index (χ0) is 11.5. The van der Waals surface area contributed by atoms with Gasteiger partial charge in [-0.2, -0.15) is 0 Å². The Labute approximate surface area is 89.7 Å². The molecule has 1 saturated carbocycles. The smallest absolute Gasteiger partial charge is 0.0877 e. The van der Waals surface area contributed by atoms with Crippen molar-refractivity contribution >= 4 is 0 Å². The van der Waals surface area contributed by atoms with Crippen molar-refractivity contribution in [3.63, 3.8) is 0 Å². The molecule has 5 nitrogen and oxygen atoms in total. The van der Waals surface area contributed by atoms with Crippen LogP contribution in [-0.2, 0) is 0 Å². The molecule has 0 amide bonds. The summed E-state index contributed by atoms with van der Waals surface area (Å²) in [6.07, 6.45) is 2.48. The van der Waals surface area contributed by atoms with Gasteiger partial charge in [-0.1, -0.05) is 12.0 Å². The van der Waals surface area contributed by atoms with Crippen molar-refractivity contribution in [2.45, 2.75) is 44.8 Å². The molecule has 0 heterocycles. The first-order valence-electron chi connectivity index (χ1n) is 5.38. The Morgan fingerprint density at radius 3 is 2.73 bits per heavy atom. The van der Waals surface area contributed by atoms with Gasteiger partial charge < -0.3 is 10.2 Å². The van der Waals surface area contributed by atoms with Crippen LogP contribution in [0.25, 0.3) is 10.4 Å². The third-order valence-corrected chi connectivity index (χ3v) is 3.55. The topological polar surface area (TPSA) is 89.2 Å². The van der Waals surface area contributed by atoms with E-state index >= 15 is 0 Å². The van der Waals surface area contributed by atoms with Gasteiger partial charge in [0.25, 0.3) is 0 Å². The van der Waals surface area contributed by atoms with Crippen molar-refractivity contribution in [3.8, 4) is 0 Å². The lowest BCUT2D eigenvalue weighted by molar-refractivity contribution is -0.0637. The number of aliphatic hydroxyl groups is 2. The molecule has 5 heteroatoms. The summed E-state index contributed by atoms with van der Waals surface area (Å²) in [4.78, 5) is 2.83. The van der Waals surface area contributed by atoms with Gasteiger partial charge in [-0.25, -0.2) is 0 Å². The van der Waals surface area contributed by atoms with Crippen LogP contribution in [0.15, 0.2) is 5.11 Å². The fraction of sp³-hybridized carbons (Fsp3) is 1.00. The average Bonchev–Trinajstić information content (AvgIpc) is 2.21. The van der Waals surface area contributed by atoms with Crippen LogP contribution < -0.4 is 0 Å². The monoisotopic (exact) mass is 213 g/mol. The number of rotatable bonds is 3. The summed E-state index contributed by atoms with van der Waals surface area (Å²) in [5, 5.41) is 22.8. The van der Waals surface area contributed by atoms with Crippen molar-refractivity contribution in [3.05, 3.63) is 10.4 Å². The summed E-state index contributed by atoms with van der Waals surface area (Å²) in [5.74, 6) is 0.390. The Hall–Kier alpha value is -0.770. The molecule has 4 unspecified atom stereocenters. The van der Waals surface area contributed by atoms with Crippen LogP contribution in [0, 0.1) is 11.8 Å². The van der Waals surface area contributed by atoms with E-state index in [1.54, 1.807) is 6.92 Å². The highest BCUT2D eigenvalue weighted by atomic mass is 16.3. The third kappa shape index (κ3) is 2.84. The second-order valence-electron chi connectivity index (χ2n) is 4.77. The van der Waals surface area contributed by atoms with E-state index in [0.717, 1.165) is 12.8 Å². The second kappa shape index (κ2) is 4.84. The SMILES string of the molecule is CC1CCC(C(C)(O)CO)CC1N=[N+]=[N-]. The molecule has 4 atom stereocenters. The van der Waals surface area contributed by atoms with Crippen molar-refractivity contribution in [1.82, 2.24) is 0 Å². The summed E-state index contributed by atoms with van der Waals surface area (Å²) in [6.45, 7) is 3.46. The summed E-state index contributed by atoms with van der Waals surface area (Å²) >= 11 is 0. The van der Waals surface area contributed by atoms with Crippen LogP contribution >= 0.6 is 0 Å². The van der Waals surface area contributed by atoms with Gasteiger partial charge in [-0.15, -0.1) is 0 Å². The zero-order valence-corrected chi connectivity index (χ0v) is 9.30. The van der Waals surface area contributed by atoms with Crippen LogP contribution in [0.3, 0.4) is 0 Å². The van der Waals surface area contributed by atoms with E-state index in [0.29, 0.717) is 12.3 Å². The largest absolute Gasteiger partial charge is 0.393 e. The number of hydrogen-bond donors (Lipinski definition) is 2. The second-order valence-corrected chi connectivity index (χ2v) is 4.77. The highest BCUT2D eigenvalue weighted by Gasteiger charge is 2.37. The molecular formula is C10H19N3O2. The Morgan fingerprint density at radius 1 is 1.53 bits per heavy atom. The molecule has 0 aromatic heterocycles. The molecule has 0 saturated heterocycles. The van der Waals surface area contributed by atoms with E-state index in [1.807, 2.05) is 0 Å². The minimum absolute atomic E-state index is 0.0224. The lowest BCUT2D eigenvalue weighted by atomic mass is 9.72. The van der Waals surface area contributed by atoms with Gasteiger partial charge in [0.1, 0.15) is 0 Å². The molecule has 0 aromatic carbocycles. The molecule has 1 rings (SSSR count). The Bertz CT molecular complexity index is 261. The standard InChI is InChI=1S/C10H19N3O2/c1-7-3-4-8(10(2,15)6-14)5-9(7)12-13-11/h7-9,14-15H,3-6H2,1-2H3. The van der Waals surface area contributed by atoms with E-state index in [2.05, 4.69) is 16.9 Å². The molecule has 0 bridgehead atoms. The Morgan fingerprint density at radius 2 is 2.20 bits per heavy atom. The van der Waals surface area contributed by atoms with Crippen LogP contribution in [0.1, 0.15) is 33.1 Å². The Balaban J connectivity index is 2.69. The molecule has 1 aliphatic rings. The van der Waals surface area contributed by atoms with Gasteiger partial charge in [-0.3, -0.25) is 0 Å². The van der Waals surface area contributed by atoms with Crippen molar-refractivity contribution in [1.29, 1.82) is 0 Å². The number of hydrogen-bond acceptors (Lipinski definition) is 3. The van der Waals surface area contributed by atoms with Crippen LogP contribution in [0.4, 0.5) is 0 Å². The zero-order valence-electron chi connectivity index (χ0n) is 9.30. The summed E-state index contributed by atoms with van der Waals surface area (Å²) in [7, 11) is 0. The molecule has 86 valence electrons. The number of nitrogens with zero attached hydrogens (tertiary/aromatic N) is 3. The first-order chi connectivity index (χ1) is 7.01. The fourth-order valence-corrected chi connectivity index (χ4v) is 2.22. The van der Waals surface area contributed by atoms with E-state index < -0.39 is 5.60 Å². The summed E-state index contributed by atoms with van der Waals surface area (Å²) < 4.78 is 0. The number of aliphatic hydroxyl groups excluding tert-OH is 1. The molecule has 15 heavy (non-hydrogen) atoms. The van der Waals surface area contributed by atoms with Crippen LogP contribution in [-0.4, -0.2) is 28.5 Å². The van der Waals surface area contributed by atoms with Gasteiger partial charge >= 0.3 is 0 Å². The van der Waals surface area contributed by atoms with Gasteiger partial charge in [0.2, 0.25) is 0 Å². The van der Waals surface area contributed by atoms with Gasteiger partial charge in [-0.05, 0) is 43.6 Å². The Kier molecular flexibility index (Phi) is 3.97. The molecule has 1 aliphatic carbocycles. The molecule has 1 fully saturated rings. The molecule has 0 radical (unpaired) electrons. The first kappa shape index (κ1) is 12.3. The third-order valence-electron chi connectivity index (χ3n) is 3.55. The first-order valence-corrected chi connectivity index (χ1v) is 5.38. The number of azide groups is 1. The van der Waals surface area contributed by atoms with Crippen LogP contribution in [0.5, 0.6) is 0 Å². The maximum atomic E-state index is 9.94. The van der Waals surface area contributed by atoms with Gasteiger partial charge in [0.05, 0.1) is 12.2 Å². The lowest BCUT2D eigenvalue weighted by Crippen LogP contribution is -2.43. The average molecular weight is 213 g/mol. The highest BCUT2D eigenvalue weighted by molar-refractivity contribution is 4.91. The van der Waals surface area contributed by atoms with Crippen LogP contribution in [0.2, 0.25) is 0 Å². The summed E-state index contributed by atoms with van der Waals surface area (Å²) in [6, 6.07) is -0.0493. The van der Waals surface area contributed by atoms with E-state index in [4.69, 9.17) is 10.6 Å².